The molecule has 0 fully saturated rings. The number of hydroxylamine groups is 2. The van der Waals surface area contributed by atoms with Crippen molar-refractivity contribution in [3.05, 3.63) is 29.8 Å². The molecule has 0 radical (unpaired) electrons. The summed E-state index contributed by atoms with van der Waals surface area (Å²) in [4.78, 5) is 5.43. The van der Waals surface area contributed by atoms with E-state index < -0.39 is 0 Å². The van der Waals surface area contributed by atoms with Gasteiger partial charge in [0.25, 0.3) is 0 Å². The molecule has 0 aliphatic carbocycles. The molecule has 1 aromatic carbocycles. The number of hydrogen-bond acceptors (Lipinski definition) is 3. The number of hydrogen-bond donors (Lipinski definition) is 1. The molecule has 0 amide bonds. The molecule has 0 bridgehead atoms. The zero-order chi connectivity index (χ0) is 15.0. The highest BCUT2D eigenvalue weighted by Crippen LogP contribution is 2.19. The normalized spacial score (nSPS) is 12.9. The lowest BCUT2D eigenvalue weighted by molar-refractivity contribution is -0.305. The molecule has 1 unspecified atom stereocenters. The van der Waals surface area contributed by atoms with Crippen molar-refractivity contribution in [3.8, 4) is 5.75 Å². The Balaban J connectivity index is 2.53. The fourth-order valence-electron chi connectivity index (χ4n) is 2.32. The minimum absolute atomic E-state index is 0.00393. The molecule has 114 valence electrons. The molecular weight excluding hydrogens is 250 g/mol. The number of nitrogens with zero attached hydrogens (tertiary/aromatic N) is 1. The van der Waals surface area contributed by atoms with Crippen LogP contribution in [0.2, 0.25) is 0 Å². The minimum Gasteiger partial charge on any atom is -0.380 e. The van der Waals surface area contributed by atoms with Gasteiger partial charge in [0.15, 0.2) is 5.75 Å². The Morgan fingerprint density at radius 2 is 1.70 bits per heavy atom. The van der Waals surface area contributed by atoms with Crippen LogP contribution in [0.5, 0.6) is 5.75 Å². The topological polar surface area (TPSA) is 32.7 Å². The summed E-state index contributed by atoms with van der Waals surface area (Å²) in [7, 11) is 0. The molecule has 0 saturated heterocycles. The average molecular weight is 279 g/mol. The maximum atomic E-state index is 9.80. The van der Waals surface area contributed by atoms with Crippen LogP contribution in [0.15, 0.2) is 24.3 Å². The molecule has 1 atom stereocenters. The predicted molar refractivity (Wildman–Crippen MR) is 82.8 cm³/mol. The van der Waals surface area contributed by atoms with Crippen LogP contribution in [0.3, 0.4) is 0 Å². The first-order valence-electron chi connectivity index (χ1n) is 7.85. The summed E-state index contributed by atoms with van der Waals surface area (Å²) >= 11 is 0. The van der Waals surface area contributed by atoms with E-state index in [4.69, 9.17) is 4.84 Å². The van der Waals surface area contributed by atoms with Crippen molar-refractivity contribution in [2.45, 2.75) is 65.8 Å². The summed E-state index contributed by atoms with van der Waals surface area (Å²) in [6.45, 7) is 8.52. The lowest BCUT2D eigenvalue weighted by atomic mass is 9.95. The molecule has 3 nitrogen and oxygen atoms in total. The van der Waals surface area contributed by atoms with E-state index in [-0.39, 0.29) is 6.04 Å². The first-order chi connectivity index (χ1) is 9.60. The van der Waals surface area contributed by atoms with E-state index in [2.05, 4.69) is 32.9 Å². The maximum absolute atomic E-state index is 9.80. The molecule has 1 rings (SSSR count). The van der Waals surface area contributed by atoms with E-state index in [9.17, 15) is 5.21 Å². The number of rotatable bonds is 9. The van der Waals surface area contributed by atoms with Crippen molar-refractivity contribution in [3.63, 3.8) is 0 Å². The summed E-state index contributed by atoms with van der Waals surface area (Å²) in [5.74, 6) is 1.43. The van der Waals surface area contributed by atoms with Crippen LogP contribution in [0.4, 0.5) is 0 Å². The van der Waals surface area contributed by atoms with Gasteiger partial charge < -0.3 is 4.84 Å². The third kappa shape index (κ3) is 5.51. The standard InChI is InChI=1S/C17H29NO2/c1-5-8-14(4)18(19)20-17-11-9-16(10-12-17)13-15(6-2)7-3/h9-12,14-15,19H,5-8,13H2,1-4H3. The van der Waals surface area contributed by atoms with E-state index in [0.29, 0.717) is 5.75 Å². The smallest absolute Gasteiger partial charge is 0.150 e. The van der Waals surface area contributed by atoms with E-state index in [1.807, 2.05) is 19.1 Å². The molecule has 1 N–H and O–H groups in total. The van der Waals surface area contributed by atoms with Gasteiger partial charge in [0, 0.05) is 0 Å². The highest BCUT2D eigenvalue weighted by molar-refractivity contribution is 5.27. The molecule has 0 aromatic heterocycles. The van der Waals surface area contributed by atoms with Crippen LogP contribution in [0.1, 0.15) is 58.9 Å². The summed E-state index contributed by atoms with van der Waals surface area (Å²) in [6, 6.07) is 8.04. The molecule has 0 spiro atoms. The Hall–Kier alpha value is -1.06. The Labute approximate surface area is 123 Å². The summed E-state index contributed by atoms with van der Waals surface area (Å²) < 4.78 is 0. The highest BCUT2D eigenvalue weighted by Gasteiger charge is 2.12. The van der Waals surface area contributed by atoms with Crippen molar-refractivity contribution in [1.29, 1.82) is 0 Å². The summed E-state index contributed by atoms with van der Waals surface area (Å²) in [6.07, 6.45) is 5.48. The molecule has 0 saturated carbocycles. The van der Waals surface area contributed by atoms with Gasteiger partial charge in [0.05, 0.1) is 6.04 Å². The SMILES string of the molecule is CCCC(C)N(O)Oc1ccc(CC(CC)CC)cc1. The van der Waals surface area contributed by atoms with Crippen LogP contribution in [-0.2, 0) is 6.42 Å². The third-order valence-electron chi connectivity index (χ3n) is 3.88. The van der Waals surface area contributed by atoms with Gasteiger partial charge in [0.1, 0.15) is 0 Å². The van der Waals surface area contributed by atoms with Crippen molar-refractivity contribution in [2.75, 3.05) is 0 Å². The Kier molecular flexibility index (Phi) is 7.63. The summed E-state index contributed by atoms with van der Waals surface area (Å²) in [5, 5.41) is 10.8. The Morgan fingerprint density at radius 3 is 2.20 bits per heavy atom. The first-order valence-corrected chi connectivity index (χ1v) is 7.85. The first kappa shape index (κ1) is 17.0. The van der Waals surface area contributed by atoms with E-state index in [0.717, 1.165) is 30.4 Å². The molecule has 20 heavy (non-hydrogen) atoms. The minimum atomic E-state index is 0.00393. The average Bonchev–Trinajstić information content (AvgIpc) is 2.46. The quantitative estimate of drug-likeness (QED) is 0.657. The fourth-order valence-corrected chi connectivity index (χ4v) is 2.32. The van der Waals surface area contributed by atoms with Crippen LogP contribution >= 0.6 is 0 Å². The van der Waals surface area contributed by atoms with Gasteiger partial charge in [-0.3, -0.25) is 5.21 Å². The van der Waals surface area contributed by atoms with Gasteiger partial charge in [-0.25, -0.2) is 0 Å². The zero-order valence-electron chi connectivity index (χ0n) is 13.3. The fraction of sp³-hybridized carbons (Fsp3) is 0.647. The highest BCUT2D eigenvalue weighted by atomic mass is 16.9. The van der Waals surface area contributed by atoms with Crippen LogP contribution in [0, 0.1) is 5.92 Å². The lowest BCUT2D eigenvalue weighted by Gasteiger charge is -2.21. The Morgan fingerprint density at radius 1 is 1.10 bits per heavy atom. The molecule has 0 aliphatic heterocycles. The summed E-state index contributed by atoms with van der Waals surface area (Å²) in [5.41, 5.74) is 1.33. The van der Waals surface area contributed by atoms with Crippen molar-refractivity contribution in [2.24, 2.45) is 5.92 Å². The van der Waals surface area contributed by atoms with Crippen molar-refractivity contribution in [1.82, 2.24) is 5.23 Å². The van der Waals surface area contributed by atoms with Gasteiger partial charge in [-0.05, 0) is 48.6 Å². The maximum Gasteiger partial charge on any atom is 0.150 e. The third-order valence-corrected chi connectivity index (χ3v) is 3.88. The lowest BCUT2D eigenvalue weighted by Crippen LogP contribution is -2.32. The van der Waals surface area contributed by atoms with Gasteiger partial charge >= 0.3 is 0 Å². The molecule has 3 heteroatoms. The van der Waals surface area contributed by atoms with Crippen LogP contribution < -0.4 is 4.84 Å². The van der Waals surface area contributed by atoms with Crippen molar-refractivity contribution >= 4 is 0 Å². The molecule has 0 heterocycles. The van der Waals surface area contributed by atoms with Gasteiger partial charge in [-0.15, -0.1) is 0 Å². The molecule has 1 aromatic rings. The second-order valence-corrected chi connectivity index (χ2v) is 5.56. The van der Waals surface area contributed by atoms with E-state index in [1.165, 1.54) is 18.4 Å². The second-order valence-electron chi connectivity index (χ2n) is 5.56. The monoisotopic (exact) mass is 279 g/mol. The van der Waals surface area contributed by atoms with Gasteiger partial charge in [0.2, 0.25) is 0 Å². The largest absolute Gasteiger partial charge is 0.380 e. The Bertz CT molecular complexity index is 360. The van der Waals surface area contributed by atoms with E-state index >= 15 is 0 Å². The predicted octanol–water partition coefficient (Wildman–Crippen LogP) is 4.84. The van der Waals surface area contributed by atoms with E-state index in [1.54, 1.807) is 0 Å². The second kappa shape index (κ2) is 8.98. The van der Waals surface area contributed by atoms with Gasteiger partial charge in [-0.2, -0.15) is 0 Å². The zero-order valence-corrected chi connectivity index (χ0v) is 13.3. The molecule has 0 aliphatic rings. The molecular formula is C17H29NO2. The van der Waals surface area contributed by atoms with Gasteiger partial charge in [-0.1, -0.05) is 52.2 Å². The van der Waals surface area contributed by atoms with Crippen LogP contribution in [-0.4, -0.2) is 16.5 Å². The van der Waals surface area contributed by atoms with Crippen molar-refractivity contribution < 1.29 is 10.0 Å². The van der Waals surface area contributed by atoms with Crippen LogP contribution in [0.25, 0.3) is 0 Å². The number of benzene rings is 1.